The standard InChI is InChI=1S/C10H8N2S/c11-6-2-4-9-3-1-5-10(7-9)12-8-13/h1,3,5,7H,6,11H2. The van der Waals surface area contributed by atoms with Crippen molar-refractivity contribution < 1.29 is 0 Å². The van der Waals surface area contributed by atoms with E-state index in [0.29, 0.717) is 6.54 Å². The maximum atomic E-state index is 5.25. The van der Waals surface area contributed by atoms with Crippen LogP contribution in [0.3, 0.4) is 0 Å². The highest BCUT2D eigenvalue weighted by Gasteiger charge is 1.89. The SMILES string of the molecule is NCC#Cc1cccc(N=C=S)c1. The van der Waals surface area contributed by atoms with E-state index in [9.17, 15) is 0 Å². The van der Waals surface area contributed by atoms with Gasteiger partial charge < -0.3 is 5.73 Å². The van der Waals surface area contributed by atoms with E-state index in [1.807, 2.05) is 24.3 Å². The van der Waals surface area contributed by atoms with Gasteiger partial charge in [-0.2, -0.15) is 4.99 Å². The van der Waals surface area contributed by atoms with Crippen LogP contribution in [0.4, 0.5) is 5.69 Å². The van der Waals surface area contributed by atoms with Crippen LogP contribution in [0.1, 0.15) is 5.56 Å². The van der Waals surface area contributed by atoms with Crippen molar-refractivity contribution in [1.82, 2.24) is 0 Å². The van der Waals surface area contributed by atoms with Crippen molar-refractivity contribution >= 4 is 23.1 Å². The number of hydrogen-bond acceptors (Lipinski definition) is 3. The molecule has 0 atom stereocenters. The van der Waals surface area contributed by atoms with Crippen LogP contribution in [-0.2, 0) is 0 Å². The predicted molar refractivity (Wildman–Crippen MR) is 57.1 cm³/mol. The van der Waals surface area contributed by atoms with Crippen LogP contribution in [0.15, 0.2) is 29.3 Å². The minimum absolute atomic E-state index is 0.362. The summed E-state index contributed by atoms with van der Waals surface area (Å²) in [7, 11) is 0. The fourth-order valence-corrected chi connectivity index (χ4v) is 0.964. The van der Waals surface area contributed by atoms with Crippen molar-refractivity contribution in [2.24, 2.45) is 10.7 Å². The lowest BCUT2D eigenvalue weighted by molar-refractivity contribution is 1.30. The van der Waals surface area contributed by atoms with Crippen LogP contribution in [-0.4, -0.2) is 11.7 Å². The van der Waals surface area contributed by atoms with E-state index in [2.05, 4.69) is 34.2 Å². The Labute approximate surface area is 82.5 Å². The van der Waals surface area contributed by atoms with Gasteiger partial charge in [0, 0.05) is 5.56 Å². The van der Waals surface area contributed by atoms with Crippen molar-refractivity contribution in [3.63, 3.8) is 0 Å². The van der Waals surface area contributed by atoms with E-state index < -0.39 is 0 Å². The lowest BCUT2D eigenvalue weighted by atomic mass is 10.2. The van der Waals surface area contributed by atoms with Crippen LogP contribution in [0.25, 0.3) is 0 Å². The lowest BCUT2D eigenvalue weighted by Gasteiger charge is -1.91. The van der Waals surface area contributed by atoms with E-state index in [0.717, 1.165) is 11.3 Å². The number of nitrogens with two attached hydrogens (primary N) is 1. The second kappa shape index (κ2) is 5.23. The van der Waals surface area contributed by atoms with Crippen molar-refractivity contribution in [3.8, 4) is 11.8 Å². The van der Waals surface area contributed by atoms with E-state index >= 15 is 0 Å². The Hall–Kier alpha value is -1.46. The molecule has 1 rings (SSSR count). The van der Waals surface area contributed by atoms with Crippen LogP contribution >= 0.6 is 12.2 Å². The fraction of sp³-hybridized carbons (Fsp3) is 0.100. The molecule has 1 aromatic carbocycles. The summed E-state index contributed by atoms with van der Waals surface area (Å²) in [6.07, 6.45) is 0. The Bertz CT molecular complexity index is 395. The smallest absolute Gasteiger partial charge is 0.0751 e. The normalized spacial score (nSPS) is 8.08. The van der Waals surface area contributed by atoms with Crippen molar-refractivity contribution in [2.75, 3.05) is 6.54 Å². The zero-order valence-electron chi connectivity index (χ0n) is 6.95. The molecule has 0 radical (unpaired) electrons. The second-order valence-electron chi connectivity index (χ2n) is 2.26. The summed E-state index contributed by atoms with van der Waals surface area (Å²) < 4.78 is 0. The van der Waals surface area contributed by atoms with Crippen LogP contribution < -0.4 is 5.73 Å². The summed E-state index contributed by atoms with van der Waals surface area (Å²) in [6.45, 7) is 0.362. The second-order valence-corrected chi connectivity index (χ2v) is 2.44. The van der Waals surface area contributed by atoms with E-state index in [4.69, 9.17) is 5.73 Å². The first-order valence-electron chi connectivity index (χ1n) is 3.73. The first-order chi connectivity index (χ1) is 6.36. The molecule has 0 bridgehead atoms. The molecule has 0 aliphatic rings. The molecular formula is C10H8N2S. The molecule has 1 aromatic rings. The quantitative estimate of drug-likeness (QED) is 0.414. The summed E-state index contributed by atoms with van der Waals surface area (Å²) in [5, 5.41) is 2.30. The Morgan fingerprint density at radius 2 is 2.31 bits per heavy atom. The highest BCUT2D eigenvalue weighted by Crippen LogP contribution is 2.12. The highest BCUT2D eigenvalue weighted by molar-refractivity contribution is 7.78. The van der Waals surface area contributed by atoms with Gasteiger partial charge in [-0.05, 0) is 30.4 Å². The zero-order valence-corrected chi connectivity index (χ0v) is 7.77. The number of aliphatic imine (C=N–C) groups is 1. The predicted octanol–water partition coefficient (Wildman–Crippen LogP) is 1.73. The molecule has 0 amide bonds. The van der Waals surface area contributed by atoms with Gasteiger partial charge in [-0.15, -0.1) is 0 Å². The maximum absolute atomic E-state index is 5.25. The molecule has 0 aromatic heterocycles. The average Bonchev–Trinajstić information content (AvgIpc) is 2.16. The van der Waals surface area contributed by atoms with Crippen molar-refractivity contribution in [3.05, 3.63) is 29.8 Å². The molecule has 0 fully saturated rings. The van der Waals surface area contributed by atoms with Gasteiger partial charge in [0.1, 0.15) is 0 Å². The van der Waals surface area contributed by atoms with Crippen molar-refractivity contribution in [2.45, 2.75) is 0 Å². The summed E-state index contributed by atoms with van der Waals surface area (Å²) in [6, 6.07) is 7.44. The van der Waals surface area contributed by atoms with Gasteiger partial charge >= 0.3 is 0 Å². The zero-order chi connectivity index (χ0) is 9.52. The van der Waals surface area contributed by atoms with Gasteiger partial charge in [0.25, 0.3) is 0 Å². The van der Waals surface area contributed by atoms with Crippen LogP contribution in [0.2, 0.25) is 0 Å². The number of thiocarbonyl (C=S) groups is 1. The molecule has 0 heterocycles. The third-order valence-corrected chi connectivity index (χ3v) is 1.45. The molecule has 0 unspecified atom stereocenters. The molecule has 0 spiro atoms. The largest absolute Gasteiger partial charge is 0.320 e. The third kappa shape index (κ3) is 3.18. The molecular weight excluding hydrogens is 180 g/mol. The summed E-state index contributed by atoms with van der Waals surface area (Å²) >= 11 is 4.49. The number of nitrogens with zero attached hydrogens (tertiary/aromatic N) is 1. The minimum Gasteiger partial charge on any atom is -0.320 e. The Balaban J connectivity index is 2.98. The topological polar surface area (TPSA) is 38.4 Å². The molecule has 0 saturated heterocycles. The van der Waals surface area contributed by atoms with E-state index in [1.54, 1.807) is 0 Å². The van der Waals surface area contributed by atoms with Crippen LogP contribution in [0, 0.1) is 11.8 Å². The minimum atomic E-state index is 0.362. The monoisotopic (exact) mass is 188 g/mol. The van der Waals surface area contributed by atoms with Crippen molar-refractivity contribution in [1.29, 1.82) is 0 Å². The van der Waals surface area contributed by atoms with Crippen LogP contribution in [0.5, 0.6) is 0 Å². The fourth-order valence-electron chi connectivity index (χ4n) is 0.859. The van der Waals surface area contributed by atoms with Gasteiger partial charge in [-0.25, -0.2) is 0 Å². The molecule has 0 saturated carbocycles. The summed E-state index contributed by atoms with van der Waals surface area (Å²) in [5.41, 5.74) is 6.90. The van der Waals surface area contributed by atoms with Gasteiger partial charge in [0.15, 0.2) is 0 Å². The summed E-state index contributed by atoms with van der Waals surface area (Å²) in [4.78, 5) is 3.84. The van der Waals surface area contributed by atoms with E-state index in [-0.39, 0.29) is 0 Å². The third-order valence-electron chi connectivity index (χ3n) is 1.36. The Kier molecular flexibility index (Phi) is 3.87. The molecule has 2 nitrogen and oxygen atoms in total. The summed E-state index contributed by atoms with van der Waals surface area (Å²) in [5.74, 6) is 5.67. The Morgan fingerprint density at radius 1 is 1.46 bits per heavy atom. The lowest BCUT2D eigenvalue weighted by Crippen LogP contribution is -1.92. The van der Waals surface area contributed by atoms with Gasteiger partial charge in [-0.1, -0.05) is 17.9 Å². The number of rotatable bonds is 1. The van der Waals surface area contributed by atoms with E-state index in [1.165, 1.54) is 0 Å². The number of isothiocyanates is 1. The average molecular weight is 188 g/mol. The molecule has 0 aliphatic heterocycles. The Morgan fingerprint density at radius 3 is 3.00 bits per heavy atom. The van der Waals surface area contributed by atoms with Gasteiger partial charge in [-0.3, -0.25) is 0 Å². The first kappa shape index (κ1) is 9.63. The maximum Gasteiger partial charge on any atom is 0.0751 e. The molecule has 0 aliphatic carbocycles. The van der Waals surface area contributed by atoms with Gasteiger partial charge in [0.2, 0.25) is 0 Å². The number of hydrogen-bond donors (Lipinski definition) is 1. The highest BCUT2D eigenvalue weighted by atomic mass is 32.1. The molecule has 2 N–H and O–H groups in total. The molecule has 3 heteroatoms. The first-order valence-corrected chi connectivity index (χ1v) is 4.14. The van der Waals surface area contributed by atoms with Gasteiger partial charge in [0.05, 0.1) is 17.4 Å². The molecule has 13 heavy (non-hydrogen) atoms. The number of benzene rings is 1. The molecule has 64 valence electrons.